The van der Waals surface area contributed by atoms with Crippen LogP contribution in [0.2, 0.25) is 0 Å². The highest BCUT2D eigenvalue weighted by Crippen LogP contribution is 2.39. The van der Waals surface area contributed by atoms with Crippen molar-refractivity contribution in [3.05, 3.63) is 95.7 Å². The maximum absolute atomic E-state index is 13.7. The Morgan fingerprint density at radius 1 is 0.956 bits per heavy atom. The van der Waals surface area contributed by atoms with Gasteiger partial charge in [0.15, 0.2) is 6.79 Å². The highest BCUT2D eigenvalue weighted by atomic mass is 32.2. The second-order valence-electron chi connectivity index (χ2n) is 10.3. The predicted molar refractivity (Wildman–Crippen MR) is 164 cm³/mol. The Balaban J connectivity index is 1.44. The first-order chi connectivity index (χ1) is 21.4. The Kier molecular flexibility index (Phi) is 9.42. The molecule has 0 radical (unpaired) electrons. The van der Waals surface area contributed by atoms with E-state index >= 15 is 0 Å². The van der Waals surface area contributed by atoms with Crippen LogP contribution < -0.4 is 14.4 Å². The average Bonchev–Trinajstić information content (AvgIpc) is 3.00. The molecule has 0 spiro atoms. The first-order valence-electron chi connectivity index (χ1n) is 13.8. The van der Waals surface area contributed by atoms with E-state index in [9.17, 15) is 26.4 Å². The Hall–Kier alpha value is -4.46. The number of nitrogens with one attached hydrogen (secondary N) is 1. The summed E-state index contributed by atoms with van der Waals surface area (Å²) in [6.07, 6.45) is -1.54. The van der Waals surface area contributed by atoms with E-state index in [1.54, 1.807) is 42.5 Å². The van der Waals surface area contributed by atoms with Crippen molar-refractivity contribution in [1.29, 1.82) is 0 Å². The van der Waals surface area contributed by atoms with Crippen LogP contribution in [0.25, 0.3) is 22.4 Å². The van der Waals surface area contributed by atoms with Gasteiger partial charge in [0.2, 0.25) is 10.0 Å². The van der Waals surface area contributed by atoms with Crippen LogP contribution in [-0.2, 0) is 32.1 Å². The van der Waals surface area contributed by atoms with Crippen molar-refractivity contribution in [2.75, 3.05) is 49.5 Å². The van der Waals surface area contributed by atoms with Crippen LogP contribution in [0, 0.1) is 0 Å². The van der Waals surface area contributed by atoms with Gasteiger partial charge in [0.1, 0.15) is 5.75 Å². The molecule has 0 saturated carbocycles. The van der Waals surface area contributed by atoms with Crippen LogP contribution in [0.3, 0.4) is 0 Å². The molecule has 236 valence electrons. The van der Waals surface area contributed by atoms with Crippen molar-refractivity contribution in [3.63, 3.8) is 0 Å². The van der Waals surface area contributed by atoms with Gasteiger partial charge in [0, 0.05) is 36.7 Å². The van der Waals surface area contributed by atoms with E-state index in [0.29, 0.717) is 46.7 Å². The lowest BCUT2D eigenvalue weighted by atomic mass is 9.90. The third kappa shape index (κ3) is 7.62. The van der Waals surface area contributed by atoms with Gasteiger partial charge in [0.25, 0.3) is 5.91 Å². The van der Waals surface area contributed by atoms with Crippen molar-refractivity contribution >= 4 is 27.3 Å². The number of aromatic nitrogens is 1. The van der Waals surface area contributed by atoms with Crippen molar-refractivity contribution in [2.24, 2.45) is 0 Å². The number of fused-ring (bicyclic) bond motifs is 1. The van der Waals surface area contributed by atoms with E-state index in [-0.39, 0.29) is 37.3 Å². The molecule has 1 aliphatic rings. The number of ether oxygens (including phenoxy) is 3. The van der Waals surface area contributed by atoms with Crippen molar-refractivity contribution in [1.82, 2.24) is 4.98 Å². The summed E-state index contributed by atoms with van der Waals surface area (Å²) >= 11 is 0. The number of pyridine rings is 1. The third-order valence-corrected chi connectivity index (χ3v) is 7.67. The Bertz CT molecular complexity index is 1800. The van der Waals surface area contributed by atoms with E-state index < -0.39 is 21.8 Å². The Morgan fingerprint density at radius 3 is 2.47 bits per heavy atom. The summed E-state index contributed by atoms with van der Waals surface area (Å²) in [6.45, 7) is 0.803. The van der Waals surface area contributed by atoms with Gasteiger partial charge in [-0.05, 0) is 71.6 Å². The highest BCUT2D eigenvalue weighted by Gasteiger charge is 2.32. The molecule has 0 bridgehead atoms. The normalized spacial score (nSPS) is 13.4. The predicted octanol–water partition coefficient (Wildman–Crippen LogP) is 6.01. The molecule has 1 amide bonds. The molecule has 0 fully saturated rings. The number of carbonyl (C=O) groups is 1. The van der Waals surface area contributed by atoms with Crippen LogP contribution in [0.4, 0.5) is 24.5 Å². The molecule has 1 N–H and O–H groups in total. The lowest BCUT2D eigenvalue weighted by molar-refractivity contribution is -0.137. The number of alkyl halides is 3. The molecular weight excluding hydrogens is 611 g/mol. The molecule has 9 nitrogen and oxygen atoms in total. The van der Waals surface area contributed by atoms with Crippen molar-refractivity contribution < 1.29 is 40.6 Å². The topological polar surface area (TPSA) is 107 Å². The van der Waals surface area contributed by atoms with Gasteiger partial charge >= 0.3 is 6.18 Å². The second-order valence-corrected chi connectivity index (χ2v) is 12.0. The van der Waals surface area contributed by atoms with E-state index in [1.165, 1.54) is 30.3 Å². The SMILES string of the molecule is COCCOCOc1ccc(N2CCc3cc(-c4ccc(C(F)(F)F)cc4-c4ccccn4)ccc3C2=O)cc1NS(C)(=O)=O. The molecule has 0 aliphatic carbocycles. The van der Waals surface area contributed by atoms with Gasteiger partial charge in [-0.1, -0.05) is 24.3 Å². The highest BCUT2D eigenvalue weighted by molar-refractivity contribution is 7.92. The Morgan fingerprint density at radius 2 is 1.76 bits per heavy atom. The zero-order valence-corrected chi connectivity index (χ0v) is 25.2. The minimum Gasteiger partial charge on any atom is -0.465 e. The molecule has 5 rings (SSSR count). The monoisotopic (exact) mass is 641 g/mol. The number of sulfonamides is 1. The van der Waals surface area contributed by atoms with Gasteiger partial charge < -0.3 is 19.1 Å². The number of benzene rings is 3. The number of carbonyl (C=O) groups excluding carboxylic acids is 1. The van der Waals surface area contributed by atoms with E-state index in [4.69, 9.17) is 14.2 Å². The number of nitrogens with zero attached hydrogens (tertiary/aromatic N) is 2. The standard InChI is InChI=1S/C32H30F3N3O6S/c1-42-15-16-43-20-44-30-11-8-24(19-29(30)37-45(2,40)41)38-14-12-22-17-21(6-9-26(22)31(38)39)25-10-7-23(32(33,34)35)18-27(25)28-5-3-4-13-36-28/h3-11,13,17-19,37H,12,14-16,20H2,1-2H3. The summed E-state index contributed by atoms with van der Waals surface area (Å²) in [6, 6.07) is 18.5. The molecule has 0 unspecified atom stereocenters. The largest absolute Gasteiger partial charge is 0.465 e. The average molecular weight is 642 g/mol. The maximum Gasteiger partial charge on any atom is 0.416 e. The molecule has 1 aromatic heterocycles. The molecule has 4 aromatic rings. The summed E-state index contributed by atoms with van der Waals surface area (Å²) < 4.78 is 83.1. The molecule has 0 saturated heterocycles. The van der Waals surface area contributed by atoms with Crippen molar-refractivity contribution in [3.8, 4) is 28.1 Å². The fourth-order valence-electron chi connectivity index (χ4n) is 5.01. The van der Waals surface area contributed by atoms with Crippen LogP contribution >= 0.6 is 0 Å². The number of hydrogen-bond donors (Lipinski definition) is 1. The minimum absolute atomic E-state index is 0.138. The van der Waals surface area contributed by atoms with Crippen LogP contribution in [0.5, 0.6) is 5.75 Å². The number of amides is 1. The molecule has 1 aliphatic heterocycles. The number of halogens is 3. The summed E-state index contributed by atoms with van der Waals surface area (Å²) in [7, 11) is -2.14. The van der Waals surface area contributed by atoms with E-state index in [1.807, 2.05) is 6.07 Å². The first-order valence-corrected chi connectivity index (χ1v) is 15.7. The van der Waals surface area contributed by atoms with E-state index in [0.717, 1.165) is 24.0 Å². The zero-order valence-electron chi connectivity index (χ0n) is 24.4. The number of rotatable bonds is 11. The molecule has 45 heavy (non-hydrogen) atoms. The second kappa shape index (κ2) is 13.3. The van der Waals surface area contributed by atoms with Crippen molar-refractivity contribution in [2.45, 2.75) is 12.6 Å². The lowest BCUT2D eigenvalue weighted by Crippen LogP contribution is -2.37. The van der Waals surface area contributed by atoms with E-state index in [2.05, 4.69) is 9.71 Å². The maximum atomic E-state index is 13.7. The lowest BCUT2D eigenvalue weighted by Gasteiger charge is -2.30. The fraction of sp³-hybridized carbons (Fsp3) is 0.250. The molecule has 3 aromatic carbocycles. The summed E-state index contributed by atoms with van der Waals surface area (Å²) in [5, 5.41) is 0. The van der Waals surface area contributed by atoms with Gasteiger partial charge in [0.05, 0.1) is 36.4 Å². The fourth-order valence-corrected chi connectivity index (χ4v) is 5.57. The van der Waals surface area contributed by atoms with Gasteiger partial charge in [-0.15, -0.1) is 0 Å². The molecular formula is C32H30F3N3O6S. The van der Waals surface area contributed by atoms with Gasteiger partial charge in [-0.25, -0.2) is 8.42 Å². The Labute approximate surface area is 258 Å². The third-order valence-electron chi connectivity index (χ3n) is 7.08. The molecule has 13 heteroatoms. The number of hydrogen-bond acceptors (Lipinski definition) is 7. The summed E-state index contributed by atoms with van der Waals surface area (Å²) in [5.74, 6) is -0.0848. The first kappa shape index (κ1) is 31.9. The van der Waals surface area contributed by atoms with Gasteiger partial charge in [-0.3, -0.25) is 14.5 Å². The smallest absolute Gasteiger partial charge is 0.416 e. The summed E-state index contributed by atoms with van der Waals surface area (Å²) in [5.41, 5.74) is 2.91. The van der Waals surface area contributed by atoms with Gasteiger partial charge in [-0.2, -0.15) is 13.2 Å². The van der Waals surface area contributed by atoms with Crippen LogP contribution in [0.15, 0.2) is 79.0 Å². The zero-order chi connectivity index (χ0) is 32.2. The molecule has 0 atom stereocenters. The summed E-state index contributed by atoms with van der Waals surface area (Å²) in [4.78, 5) is 19.5. The quantitative estimate of drug-likeness (QED) is 0.158. The number of methoxy groups -OCH3 is 1. The van der Waals surface area contributed by atoms with Crippen LogP contribution in [0.1, 0.15) is 21.5 Å². The molecule has 2 heterocycles. The number of anilines is 2. The van der Waals surface area contributed by atoms with Crippen LogP contribution in [-0.4, -0.2) is 59.2 Å². The minimum atomic E-state index is -4.52.